The largest absolute Gasteiger partial charge is 0.321 e. The molecule has 2 aromatic rings. The number of hydrogen-bond acceptors (Lipinski definition) is 6. The minimum absolute atomic E-state index is 0.0807. The number of amides is 1. The van der Waals surface area contributed by atoms with Gasteiger partial charge in [0.05, 0.1) is 15.6 Å². The van der Waals surface area contributed by atoms with Crippen LogP contribution in [-0.4, -0.2) is 31.7 Å². The van der Waals surface area contributed by atoms with E-state index >= 15 is 0 Å². The molecule has 0 saturated heterocycles. The topological polar surface area (TPSA) is 101 Å². The second-order valence-electron chi connectivity index (χ2n) is 5.67. The Morgan fingerprint density at radius 2 is 2.08 bits per heavy atom. The van der Waals surface area contributed by atoms with Crippen molar-refractivity contribution in [1.82, 2.24) is 9.71 Å². The fourth-order valence-corrected chi connectivity index (χ4v) is 4.46. The van der Waals surface area contributed by atoms with Crippen LogP contribution < -0.4 is 10.0 Å². The van der Waals surface area contributed by atoms with Crippen LogP contribution in [0.4, 0.5) is 5.69 Å². The molecule has 1 aromatic carbocycles. The van der Waals surface area contributed by atoms with Gasteiger partial charge in [0.25, 0.3) is 15.9 Å². The van der Waals surface area contributed by atoms with Crippen LogP contribution in [0.3, 0.4) is 0 Å². The summed E-state index contributed by atoms with van der Waals surface area (Å²) in [7, 11) is -3.71. The van der Waals surface area contributed by atoms with Crippen molar-refractivity contribution in [1.29, 1.82) is 0 Å². The molecule has 2 heterocycles. The molecule has 2 N–H and O–H groups in total. The van der Waals surface area contributed by atoms with Crippen molar-refractivity contribution in [2.75, 3.05) is 11.9 Å². The van der Waals surface area contributed by atoms with Gasteiger partial charge in [0.1, 0.15) is 10.7 Å². The first-order chi connectivity index (χ1) is 11.8. The van der Waals surface area contributed by atoms with Crippen LogP contribution in [0.25, 0.3) is 0 Å². The van der Waals surface area contributed by atoms with Gasteiger partial charge in [-0.05, 0) is 38.5 Å². The Labute approximate surface area is 150 Å². The van der Waals surface area contributed by atoms with E-state index in [9.17, 15) is 13.2 Å². The zero-order valence-corrected chi connectivity index (χ0v) is 15.5. The number of rotatable bonds is 4. The standard InChI is InChI=1S/C16H18N4O3S2/c1-10-15(24-11(2)18-10)16(21)19-12-5-3-6-13(9-12)25(22,23)20-14-7-4-8-17-14/h3,5-6,9H,4,7-8H2,1-2H3,(H,17,20)(H,19,21). The molecular weight excluding hydrogens is 360 g/mol. The van der Waals surface area contributed by atoms with Crippen molar-refractivity contribution in [2.24, 2.45) is 4.99 Å². The molecular formula is C16H18N4O3S2. The molecule has 0 aliphatic carbocycles. The number of aliphatic imine (C=N–C) groups is 1. The summed E-state index contributed by atoms with van der Waals surface area (Å²) in [4.78, 5) is 21.3. The molecule has 0 radical (unpaired) electrons. The molecule has 0 bridgehead atoms. The molecule has 1 amide bonds. The van der Waals surface area contributed by atoms with Crippen LogP contribution in [0.15, 0.2) is 34.2 Å². The highest BCUT2D eigenvalue weighted by Gasteiger charge is 2.19. The highest BCUT2D eigenvalue weighted by atomic mass is 32.2. The molecule has 0 fully saturated rings. The van der Waals surface area contributed by atoms with E-state index < -0.39 is 10.0 Å². The van der Waals surface area contributed by atoms with E-state index in [1.165, 1.54) is 23.5 Å². The van der Waals surface area contributed by atoms with Gasteiger partial charge in [0.15, 0.2) is 0 Å². The first-order valence-electron chi connectivity index (χ1n) is 7.77. The van der Waals surface area contributed by atoms with Crippen molar-refractivity contribution in [3.63, 3.8) is 0 Å². The molecule has 7 nitrogen and oxygen atoms in total. The Morgan fingerprint density at radius 1 is 1.28 bits per heavy atom. The maximum Gasteiger partial charge on any atom is 0.267 e. The molecule has 9 heteroatoms. The molecule has 0 atom stereocenters. The van der Waals surface area contributed by atoms with Gasteiger partial charge in [-0.15, -0.1) is 11.3 Å². The van der Waals surface area contributed by atoms with E-state index in [0.29, 0.717) is 35.1 Å². The van der Waals surface area contributed by atoms with Crippen LogP contribution in [0.2, 0.25) is 0 Å². The number of thiazole rings is 1. The number of benzene rings is 1. The van der Waals surface area contributed by atoms with Crippen LogP contribution in [0, 0.1) is 13.8 Å². The van der Waals surface area contributed by atoms with Crippen molar-refractivity contribution in [3.05, 3.63) is 39.8 Å². The average molecular weight is 378 g/mol. The Hall–Kier alpha value is -2.26. The molecule has 1 aromatic heterocycles. The summed E-state index contributed by atoms with van der Waals surface area (Å²) in [6, 6.07) is 6.15. The third-order valence-corrected chi connectivity index (χ3v) is 6.09. The number of nitrogens with zero attached hydrogens (tertiary/aromatic N) is 2. The van der Waals surface area contributed by atoms with Crippen LogP contribution in [0.5, 0.6) is 0 Å². The normalized spacial score (nSPS) is 14.2. The monoisotopic (exact) mass is 378 g/mol. The zero-order valence-electron chi connectivity index (χ0n) is 13.9. The number of nitrogens with one attached hydrogen (secondary N) is 2. The summed E-state index contributed by atoms with van der Waals surface area (Å²) < 4.78 is 27.4. The summed E-state index contributed by atoms with van der Waals surface area (Å²) in [5.74, 6) is 0.177. The predicted octanol–water partition coefficient (Wildman–Crippen LogP) is 2.48. The minimum Gasteiger partial charge on any atom is -0.321 e. The first kappa shape index (κ1) is 17.6. The quantitative estimate of drug-likeness (QED) is 0.853. The van der Waals surface area contributed by atoms with Gasteiger partial charge >= 0.3 is 0 Å². The lowest BCUT2D eigenvalue weighted by molar-refractivity contribution is 0.102. The summed E-state index contributed by atoms with van der Waals surface area (Å²) in [5.41, 5.74) is 1.07. The zero-order chi connectivity index (χ0) is 18.0. The Morgan fingerprint density at radius 3 is 2.72 bits per heavy atom. The fraction of sp³-hybridized carbons (Fsp3) is 0.312. The summed E-state index contributed by atoms with van der Waals surface area (Å²) in [6.07, 6.45) is 1.47. The predicted molar refractivity (Wildman–Crippen MR) is 97.8 cm³/mol. The third kappa shape index (κ3) is 4.05. The molecule has 3 rings (SSSR count). The second-order valence-corrected chi connectivity index (χ2v) is 8.55. The Balaban J connectivity index is 1.79. The van der Waals surface area contributed by atoms with Gasteiger partial charge in [0, 0.05) is 18.7 Å². The lowest BCUT2D eigenvalue weighted by Crippen LogP contribution is -2.29. The van der Waals surface area contributed by atoms with Crippen LogP contribution >= 0.6 is 11.3 Å². The lowest BCUT2D eigenvalue weighted by Gasteiger charge is -2.10. The van der Waals surface area contributed by atoms with Gasteiger partial charge in [-0.1, -0.05) is 6.07 Å². The van der Waals surface area contributed by atoms with Gasteiger partial charge < -0.3 is 5.32 Å². The highest BCUT2D eigenvalue weighted by molar-refractivity contribution is 7.90. The van der Waals surface area contributed by atoms with E-state index in [4.69, 9.17) is 0 Å². The minimum atomic E-state index is -3.71. The number of carbonyl (C=O) groups is 1. The number of hydrogen-bond donors (Lipinski definition) is 2. The van der Waals surface area contributed by atoms with Crippen LogP contribution in [-0.2, 0) is 10.0 Å². The van der Waals surface area contributed by atoms with E-state index in [2.05, 4.69) is 20.0 Å². The Bertz CT molecular complexity index is 948. The van der Waals surface area contributed by atoms with Gasteiger partial charge in [-0.3, -0.25) is 14.5 Å². The second kappa shape index (κ2) is 6.93. The van der Waals surface area contributed by atoms with E-state index in [-0.39, 0.29) is 10.8 Å². The summed E-state index contributed by atoms with van der Waals surface area (Å²) >= 11 is 1.30. The lowest BCUT2D eigenvalue weighted by atomic mass is 10.3. The van der Waals surface area contributed by atoms with Gasteiger partial charge in [-0.25, -0.2) is 13.4 Å². The number of carbonyl (C=O) groups excluding carboxylic acids is 1. The molecule has 0 spiro atoms. The van der Waals surface area contributed by atoms with Crippen molar-refractivity contribution in [2.45, 2.75) is 31.6 Å². The maximum atomic E-state index is 12.4. The molecule has 1 aliphatic rings. The van der Waals surface area contributed by atoms with E-state index in [0.717, 1.165) is 11.4 Å². The highest BCUT2D eigenvalue weighted by Crippen LogP contribution is 2.21. The number of sulfonamides is 1. The first-order valence-corrected chi connectivity index (χ1v) is 10.1. The third-order valence-electron chi connectivity index (χ3n) is 3.64. The number of anilines is 1. The van der Waals surface area contributed by atoms with Crippen LogP contribution in [0.1, 0.15) is 33.2 Å². The SMILES string of the molecule is Cc1nc(C)c(C(=O)Nc2cccc(S(=O)(=O)NC3=NCCC3)c2)s1. The van der Waals surface area contributed by atoms with Crippen molar-refractivity contribution in [3.8, 4) is 0 Å². The summed E-state index contributed by atoms with van der Waals surface area (Å²) in [6.45, 7) is 4.24. The average Bonchev–Trinajstić information content (AvgIpc) is 3.16. The van der Waals surface area contributed by atoms with Crippen molar-refractivity contribution < 1.29 is 13.2 Å². The van der Waals surface area contributed by atoms with E-state index in [1.54, 1.807) is 19.1 Å². The molecule has 0 saturated carbocycles. The number of aromatic nitrogens is 1. The number of amidine groups is 1. The van der Waals surface area contributed by atoms with Gasteiger partial charge in [0.2, 0.25) is 0 Å². The van der Waals surface area contributed by atoms with Crippen molar-refractivity contribution >= 4 is 38.8 Å². The number of aryl methyl sites for hydroxylation is 2. The molecule has 0 unspecified atom stereocenters. The maximum absolute atomic E-state index is 12.4. The smallest absolute Gasteiger partial charge is 0.267 e. The fourth-order valence-electron chi connectivity index (χ4n) is 2.51. The Kier molecular flexibility index (Phi) is 4.87. The van der Waals surface area contributed by atoms with Gasteiger partial charge in [-0.2, -0.15) is 0 Å². The molecule has 1 aliphatic heterocycles. The summed E-state index contributed by atoms with van der Waals surface area (Å²) in [5, 5.41) is 3.53. The molecule has 132 valence electrons. The van der Waals surface area contributed by atoms with E-state index in [1.807, 2.05) is 6.92 Å². The molecule has 25 heavy (non-hydrogen) atoms.